The molecule has 30 heavy (non-hydrogen) atoms. The highest BCUT2D eigenvalue weighted by Gasteiger charge is 2.23. The molecule has 3 rings (SSSR count). The first-order valence-electron chi connectivity index (χ1n) is 9.72. The molecule has 0 unspecified atom stereocenters. The lowest BCUT2D eigenvalue weighted by atomic mass is 10.1. The summed E-state index contributed by atoms with van der Waals surface area (Å²) in [5, 5.41) is 2.97. The van der Waals surface area contributed by atoms with E-state index >= 15 is 0 Å². The molecular weight excluding hydrogens is 396 g/mol. The Hall–Kier alpha value is -3.12. The number of amides is 1. The fourth-order valence-electron chi connectivity index (χ4n) is 3.19. The zero-order chi connectivity index (χ0) is 21.9. The number of nitrogens with zero attached hydrogens (tertiary/aromatic N) is 1. The van der Waals surface area contributed by atoms with E-state index in [0.29, 0.717) is 11.3 Å². The molecule has 0 aliphatic carbocycles. The van der Waals surface area contributed by atoms with Crippen molar-refractivity contribution in [3.8, 4) is 0 Å². The minimum Gasteiger partial charge on any atom is -0.346 e. The monoisotopic (exact) mass is 422 g/mol. The zero-order valence-electron chi connectivity index (χ0n) is 17.6. The van der Waals surface area contributed by atoms with Crippen LogP contribution in [0.2, 0.25) is 0 Å². The molecule has 1 amide bonds. The summed E-state index contributed by atoms with van der Waals surface area (Å²) in [5.74, 6) is -0.256. The van der Waals surface area contributed by atoms with E-state index in [9.17, 15) is 13.2 Å². The number of hydrogen-bond donors (Lipinski definition) is 1. The van der Waals surface area contributed by atoms with Crippen LogP contribution >= 0.6 is 0 Å². The molecule has 1 N–H and O–H groups in total. The Morgan fingerprint density at radius 1 is 0.933 bits per heavy atom. The first-order chi connectivity index (χ1) is 14.2. The quantitative estimate of drug-likeness (QED) is 0.630. The number of carbonyl (C=O) groups is 1. The van der Waals surface area contributed by atoms with Crippen LogP contribution in [0.5, 0.6) is 0 Å². The number of benzene rings is 3. The van der Waals surface area contributed by atoms with E-state index in [0.717, 1.165) is 16.7 Å². The van der Waals surface area contributed by atoms with Gasteiger partial charge in [-0.05, 0) is 56.2 Å². The molecule has 156 valence electrons. The summed E-state index contributed by atoms with van der Waals surface area (Å²) in [6, 6.07) is 21.3. The molecule has 0 aliphatic rings. The van der Waals surface area contributed by atoms with Gasteiger partial charge in [-0.2, -0.15) is 0 Å². The molecule has 0 heterocycles. The Morgan fingerprint density at radius 2 is 1.57 bits per heavy atom. The molecule has 1 atom stereocenters. The van der Waals surface area contributed by atoms with Gasteiger partial charge >= 0.3 is 0 Å². The average molecular weight is 423 g/mol. The van der Waals surface area contributed by atoms with E-state index in [-0.39, 0.29) is 16.8 Å². The Morgan fingerprint density at radius 3 is 2.20 bits per heavy atom. The normalized spacial score (nSPS) is 12.3. The van der Waals surface area contributed by atoms with Crippen molar-refractivity contribution in [1.82, 2.24) is 5.32 Å². The van der Waals surface area contributed by atoms with E-state index in [2.05, 4.69) is 5.32 Å². The molecule has 0 saturated carbocycles. The standard InChI is InChI=1S/C24H26N2O3S/c1-17-10-14-22(15-11-17)30(28,29)26(4)23-16-21(13-12-18(23)2)24(27)25-19(3)20-8-6-5-7-9-20/h5-16,19H,1-4H3,(H,25,27)/t19-/m0/s1. The van der Waals surface area contributed by atoms with E-state index in [4.69, 9.17) is 0 Å². The average Bonchev–Trinajstić information content (AvgIpc) is 2.74. The first-order valence-corrected chi connectivity index (χ1v) is 11.2. The van der Waals surface area contributed by atoms with Gasteiger partial charge in [0, 0.05) is 12.6 Å². The molecule has 0 fully saturated rings. The topological polar surface area (TPSA) is 66.5 Å². The maximum Gasteiger partial charge on any atom is 0.264 e. The van der Waals surface area contributed by atoms with Crippen LogP contribution in [0.25, 0.3) is 0 Å². The molecule has 3 aromatic carbocycles. The van der Waals surface area contributed by atoms with E-state index < -0.39 is 10.0 Å². The van der Waals surface area contributed by atoms with E-state index in [1.54, 1.807) is 42.5 Å². The molecule has 0 aromatic heterocycles. The second-order valence-electron chi connectivity index (χ2n) is 7.39. The summed E-state index contributed by atoms with van der Waals surface area (Å²) >= 11 is 0. The van der Waals surface area contributed by atoms with Crippen LogP contribution < -0.4 is 9.62 Å². The van der Waals surface area contributed by atoms with Gasteiger partial charge in [-0.3, -0.25) is 9.10 Å². The molecule has 0 saturated heterocycles. The van der Waals surface area contributed by atoms with Crippen molar-refractivity contribution in [2.45, 2.75) is 31.7 Å². The summed E-state index contributed by atoms with van der Waals surface area (Å²) in [7, 11) is -2.23. The van der Waals surface area contributed by atoms with E-state index in [1.807, 2.05) is 51.1 Å². The van der Waals surface area contributed by atoms with Crippen LogP contribution in [0.1, 0.15) is 40.0 Å². The molecule has 0 spiro atoms. The Kier molecular flexibility index (Phi) is 6.27. The Bertz CT molecular complexity index is 1140. The largest absolute Gasteiger partial charge is 0.346 e. The highest BCUT2D eigenvalue weighted by molar-refractivity contribution is 7.92. The maximum absolute atomic E-state index is 13.1. The molecule has 0 bridgehead atoms. The van der Waals surface area contributed by atoms with Gasteiger partial charge in [0.05, 0.1) is 16.6 Å². The van der Waals surface area contributed by atoms with Crippen molar-refractivity contribution in [3.05, 3.63) is 95.1 Å². The Balaban J connectivity index is 1.87. The summed E-state index contributed by atoms with van der Waals surface area (Å²) in [6.07, 6.45) is 0. The van der Waals surface area contributed by atoms with Crippen LogP contribution in [0.3, 0.4) is 0 Å². The Labute approximate surface area is 178 Å². The smallest absolute Gasteiger partial charge is 0.264 e. The third-order valence-electron chi connectivity index (χ3n) is 5.14. The lowest BCUT2D eigenvalue weighted by molar-refractivity contribution is 0.0940. The van der Waals surface area contributed by atoms with Crippen LogP contribution in [0.15, 0.2) is 77.7 Å². The highest BCUT2D eigenvalue weighted by Crippen LogP contribution is 2.27. The fraction of sp³-hybridized carbons (Fsp3) is 0.208. The number of sulfonamides is 1. The SMILES string of the molecule is Cc1ccc(S(=O)(=O)N(C)c2cc(C(=O)N[C@@H](C)c3ccccc3)ccc2C)cc1. The first kappa shape index (κ1) is 21.6. The van der Waals surface area contributed by atoms with Crippen LogP contribution in [0, 0.1) is 13.8 Å². The van der Waals surface area contributed by atoms with Crippen LogP contribution in [0.4, 0.5) is 5.69 Å². The summed E-state index contributed by atoms with van der Waals surface area (Å²) in [6.45, 7) is 5.64. The third-order valence-corrected chi connectivity index (χ3v) is 6.92. The fourth-order valence-corrected chi connectivity index (χ4v) is 4.44. The lowest BCUT2D eigenvalue weighted by Gasteiger charge is -2.22. The zero-order valence-corrected chi connectivity index (χ0v) is 18.4. The van der Waals surface area contributed by atoms with Crippen molar-refractivity contribution >= 4 is 21.6 Å². The number of rotatable bonds is 6. The molecule has 0 radical (unpaired) electrons. The summed E-state index contributed by atoms with van der Waals surface area (Å²) < 4.78 is 27.4. The molecule has 5 nitrogen and oxygen atoms in total. The minimum absolute atomic E-state index is 0.169. The van der Waals surface area contributed by atoms with Crippen LogP contribution in [-0.4, -0.2) is 21.4 Å². The highest BCUT2D eigenvalue weighted by atomic mass is 32.2. The number of hydrogen-bond acceptors (Lipinski definition) is 3. The predicted molar refractivity (Wildman–Crippen MR) is 120 cm³/mol. The minimum atomic E-state index is -3.74. The second-order valence-corrected chi connectivity index (χ2v) is 9.36. The predicted octanol–water partition coefficient (Wildman–Crippen LogP) is 4.62. The summed E-state index contributed by atoms with van der Waals surface area (Å²) in [5.41, 5.74) is 3.62. The molecule has 3 aromatic rings. The molecule has 0 aliphatic heterocycles. The summed E-state index contributed by atoms with van der Waals surface area (Å²) in [4.78, 5) is 13.0. The number of nitrogens with one attached hydrogen (secondary N) is 1. The third kappa shape index (κ3) is 4.54. The van der Waals surface area contributed by atoms with Crippen molar-refractivity contribution in [1.29, 1.82) is 0 Å². The van der Waals surface area contributed by atoms with Gasteiger partial charge in [-0.1, -0.05) is 54.1 Å². The van der Waals surface area contributed by atoms with Crippen molar-refractivity contribution < 1.29 is 13.2 Å². The number of anilines is 1. The molecule has 6 heteroatoms. The van der Waals surface area contributed by atoms with Gasteiger partial charge in [-0.15, -0.1) is 0 Å². The lowest BCUT2D eigenvalue weighted by Crippen LogP contribution is -2.29. The van der Waals surface area contributed by atoms with Crippen LogP contribution in [-0.2, 0) is 10.0 Å². The van der Waals surface area contributed by atoms with Gasteiger partial charge in [0.25, 0.3) is 15.9 Å². The van der Waals surface area contributed by atoms with Gasteiger partial charge in [0.2, 0.25) is 0 Å². The number of carbonyl (C=O) groups excluding carboxylic acids is 1. The van der Waals surface area contributed by atoms with Gasteiger partial charge in [-0.25, -0.2) is 8.42 Å². The number of aryl methyl sites for hydroxylation is 2. The van der Waals surface area contributed by atoms with Gasteiger partial charge in [0.1, 0.15) is 0 Å². The molecular formula is C24H26N2O3S. The van der Waals surface area contributed by atoms with Crippen molar-refractivity contribution in [3.63, 3.8) is 0 Å². The van der Waals surface area contributed by atoms with Gasteiger partial charge in [0.15, 0.2) is 0 Å². The van der Waals surface area contributed by atoms with E-state index in [1.165, 1.54) is 11.4 Å². The maximum atomic E-state index is 13.1. The van der Waals surface area contributed by atoms with Crippen molar-refractivity contribution in [2.75, 3.05) is 11.4 Å². The van der Waals surface area contributed by atoms with Crippen molar-refractivity contribution in [2.24, 2.45) is 0 Å². The second kappa shape index (κ2) is 8.71. The van der Waals surface area contributed by atoms with Gasteiger partial charge < -0.3 is 5.32 Å².